The van der Waals surface area contributed by atoms with E-state index in [0.717, 1.165) is 24.1 Å². The molecule has 8 heteroatoms. The van der Waals surface area contributed by atoms with Gasteiger partial charge in [-0.2, -0.15) is 5.10 Å². The van der Waals surface area contributed by atoms with Crippen molar-refractivity contribution in [2.75, 3.05) is 45.3 Å². The molecule has 0 N–H and O–H groups in total. The molecule has 0 unspecified atom stereocenters. The Hall–Kier alpha value is -2.74. The van der Waals surface area contributed by atoms with Gasteiger partial charge < -0.3 is 14.5 Å². The van der Waals surface area contributed by atoms with Gasteiger partial charge in [0.25, 0.3) is 5.56 Å². The number of rotatable bonds is 7. The predicted octanol–water partition coefficient (Wildman–Crippen LogP) is 1.69. The summed E-state index contributed by atoms with van der Waals surface area (Å²) in [5, 5.41) is 4.40. The topological polar surface area (TPSA) is 80.6 Å². The average Bonchev–Trinajstić information content (AvgIpc) is 2.77. The number of ether oxygens (including phenoxy) is 1. The number of carbonyl (C=O) groups is 1. The average molecular weight is 399 g/mol. The van der Waals surface area contributed by atoms with Gasteiger partial charge in [-0.1, -0.05) is 6.07 Å². The molecular weight excluding hydrogens is 370 g/mol. The highest BCUT2D eigenvalue weighted by molar-refractivity contribution is 5.83. The first-order chi connectivity index (χ1) is 14.0. The van der Waals surface area contributed by atoms with E-state index in [1.807, 2.05) is 35.9 Å². The maximum absolute atomic E-state index is 13.0. The van der Waals surface area contributed by atoms with E-state index in [2.05, 4.69) is 10.1 Å². The van der Waals surface area contributed by atoms with Crippen molar-refractivity contribution < 1.29 is 9.53 Å². The number of carbonyl (C=O) groups excluding carboxylic acids is 1. The van der Waals surface area contributed by atoms with Crippen molar-refractivity contribution in [3.8, 4) is 0 Å². The van der Waals surface area contributed by atoms with Crippen LogP contribution in [-0.4, -0.2) is 66.0 Å². The van der Waals surface area contributed by atoms with Crippen LogP contribution in [0.3, 0.4) is 0 Å². The first kappa shape index (κ1) is 21.0. The van der Waals surface area contributed by atoms with Crippen LogP contribution in [-0.2, 0) is 9.53 Å². The number of hydrogen-bond donors (Lipinski definition) is 0. The molecule has 1 amide bonds. The molecule has 3 heterocycles. The van der Waals surface area contributed by atoms with Gasteiger partial charge in [-0.25, -0.2) is 4.68 Å². The molecular formula is C21H29N5O3. The lowest BCUT2D eigenvalue weighted by atomic mass is 9.99. The van der Waals surface area contributed by atoms with Gasteiger partial charge in [-0.05, 0) is 31.4 Å². The number of piperidine rings is 1. The SMILES string of the molecule is COCCN(C)c1cnn([C@H]2CCCN(C(=O)[C@H](C)c3cccnc3)C2)c(=O)c1. The third-order valence-corrected chi connectivity index (χ3v) is 5.49. The fraction of sp³-hybridized carbons (Fsp3) is 0.524. The van der Waals surface area contributed by atoms with Crippen molar-refractivity contribution in [1.82, 2.24) is 19.7 Å². The number of likely N-dealkylation sites (tertiary alicyclic amines) is 1. The van der Waals surface area contributed by atoms with E-state index in [1.54, 1.807) is 31.8 Å². The van der Waals surface area contributed by atoms with Gasteiger partial charge in [0.2, 0.25) is 5.91 Å². The van der Waals surface area contributed by atoms with Gasteiger partial charge in [-0.3, -0.25) is 14.6 Å². The van der Waals surface area contributed by atoms with Crippen LogP contribution in [0.15, 0.2) is 41.6 Å². The van der Waals surface area contributed by atoms with E-state index in [0.29, 0.717) is 26.2 Å². The Labute approximate surface area is 171 Å². The minimum absolute atomic E-state index is 0.0617. The van der Waals surface area contributed by atoms with Crippen LogP contribution in [0, 0.1) is 0 Å². The standard InChI is InChI=1S/C21H29N5O3/c1-16(17-6-4-8-22-13-17)21(28)25-9-5-7-18(15-25)26-20(27)12-19(14-23-26)24(2)10-11-29-3/h4,6,8,12-14,16,18H,5,7,9-11,15H2,1-3H3/t16-,18+/m1/s1. The summed E-state index contributed by atoms with van der Waals surface area (Å²) in [5.74, 6) is -0.199. The Balaban J connectivity index is 1.70. The fourth-order valence-electron chi connectivity index (χ4n) is 3.65. The first-order valence-electron chi connectivity index (χ1n) is 9.99. The van der Waals surface area contributed by atoms with Crippen molar-refractivity contribution >= 4 is 11.6 Å². The maximum atomic E-state index is 13.0. The van der Waals surface area contributed by atoms with Crippen molar-refractivity contribution in [2.24, 2.45) is 0 Å². The third-order valence-electron chi connectivity index (χ3n) is 5.49. The van der Waals surface area contributed by atoms with Gasteiger partial charge in [0.1, 0.15) is 0 Å². The molecule has 8 nitrogen and oxygen atoms in total. The highest BCUT2D eigenvalue weighted by atomic mass is 16.5. The minimum atomic E-state index is -0.260. The van der Waals surface area contributed by atoms with Gasteiger partial charge in [0, 0.05) is 52.3 Å². The molecule has 156 valence electrons. The molecule has 1 aliphatic rings. The van der Waals surface area contributed by atoms with E-state index >= 15 is 0 Å². The lowest BCUT2D eigenvalue weighted by Gasteiger charge is -2.34. The molecule has 1 fully saturated rings. The molecule has 0 bridgehead atoms. The number of anilines is 1. The molecule has 3 rings (SSSR count). The zero-order valence-corrected chi connectivity index (χ0v) is 17.3. The highest BCUT2D eigenvalue weighted by Gasteiger charge is 2.29. The first-order valence-corrected chi connectivity index (χ1v) is 9.99. The zero-order valence-electron chi connectivity index (χ0n) is 17.3. The second kappa shape index (κ2) is 9.65. The number of hydrogen-bond acceptors (Lipinski definition) is 6. The van der Waals surface area contributed by atoms with E-state index in [4.69, 9.17) is 4.74 Å². The van der Waals surface area contributed by atoms with Crippen LogP contribution in [0.25, 0.3) is 0 Å². The normalized spacial score (nSPS) is 17.8. The highest BCUT2D eigenvalue weighted by Crippen LogP contribution is 2.24. The van der Waals surface area contributed by atoms with Crippen LogP contribution < -0.4 is 10.5 Å². The second-order valence-corrected chi connectivity index (χ2v) is 7.50. The number of methoxy groups -OCH3 is 1. The summed E-state index contributed by atoms with van der Waals surface area (Å²) in [6, 6.07) is 5.25. The fourth-order valence-corrected chi connectivity index (χ4v) is 3.65. The monoisotopic (exact) mass is 399 g/mol. The van der Waals surface area contributed by atoms with Crippen LogP contribution in [0.2, 0.25) is 0 Å². The maximum Gasteiger partial charge on any atom is 0.269 e. The van der Waals surface area contributed by atoms with Crippen molar-refractivity contribution in [2.45, 2.75) is 31.7 Å². The predicted molar refractivity (Wildman–Crippen MR) is 111 cm³/mol. The Morgan fingerprint density at radius 3 is 2.93 bits per heavy atom. The molecule has 0 aliphatic carbocycles. The lowest BCUT2D eigenvalue weighted by Crippen LogP contribution is -2.45. The van der Waals surface area contributed by atoms with Gasteiger partial charge in [0.05, 0.1) is 30.5 Å². The van der Waals surface area contributed by atoms with Gasteiger partial charge in [-0.15, -0.1) is 0 Å². The molecule has 0 spiro atoms. The molecule has 1 saturated heterocycles. The van der Waals surface area contributed by atoms with Crippen LogP contribution in [0.5, 0.6) is 0 Å². The quantitative estimate of drug-likeness (QED) is 0.705. The summed E-state index contributed by atoms with van der Waals surface area (Å²) in [4.78, 5) is 33.6. The van der Waals surface area contributed by atoms with E-state index < -0.39 is 0 Å². The molecule has 2 aromatic rings. The van der Waals surface area contributed by atoms with Crippen LogP contribution in [0.4, 0.5) is 5.69 Å². The van der Waals surface area contributed by atoms with Crippen molar-refractivity contribution in [3.63, 3.8) is 0 Å². The summed E-state index contributed by atoms with van der Waals surface area (Å²) in [7, 11) is 3.55. The third kappa shape index (κ3) is 5.00. The lowest BCUT2D eigenvalue weighted by molar-refractivity contribution is -0.134. The number of aromatic nitrogens is 3. The molecule has 2 atom stereocenters. The molecule has 0 saturated carbocycles. The number of amides is 1. The smallest absolute Gasteiger partial charge is 0.269 e. The Bertz CT molecular complexity index is 870. The summed E-state index contributed by atoms with van der Waals surface area (Å²) >= 11 is 0. The largest absolute Gasteiger partial charge is 0.383 e. The summed E-state index contributed by atoms with van der Waals surface area (Å²) in [5.41, 5.74) is 1.52. The Morgan fingerprint density at radius 2 is 2.24 bits per heavy atom. The van der Waals surface area contributed by atoms with Gasteiger partial charge >= 0.3 is 0 Å². The van der Waals surface area contributed by atoms with Gasteiger partial charge in [0.15, 0.2) is 0 Å². The molecule has 0 aromatic carbocycles. The number of likely N-dealkylation sites (N-methyl/N-ethyl adjacent to an activating group) is 1. The molecule has 29 heavy (non-hydrogen) atoms. The number of pyridine rings is 1. The van der Waals surface area contributed by atoms with E-state index in [-0.39, 0.29) is 23.4 Å². The summed E-state index contributed by atoms with van der Waals surface area (Å²) in [6.45, 7) is 4.35. The van der Waals surface area contributed by atoms with Crippen molar-refractivity contribution in [3.05, 3.63) is 52.7 Å². The Kier molecular flexibility index (Phi) is 6.98. The van der Waals surface area contributed by atoms with E-state index in [1.165, 1.54) is 4.68 Å². The zero-order chi connectivity index (χ0) is 20.8. The van der Waals surface area contributed by atoms with Crippen molar-refractivity contribution in [1.29, 1.82) is 0 Å². The minimum Gasteiger partial charge on any atom is -0.383 e. The molecule has 0 radical (unpaired) electrons. The van der Waals surface area contributed by atoms with Crippen LogP contribution in [0.1, 0.15) is 37.3 Å². The second-order valence-electron chi connectivity index (χ2n) is 7.50. The molecule has 1 aliphatic heterocycles. The number of nitrogens with zero attached hydrogens (tertiary/aromatic N) is 5. The van der Waals surface area contributed by atoms with Crippen LogP contribution >= 0.6 is 0 Å². The summed E-state index contributed by atoms with van der Waals surface area (Å²) < 4.78 is 6.60. The Morgan fingerprint density at radius 1 is 1.41 bits per heavy atom. The van der Waals surface area contributed by atoms with E-state index in [9.17, 15) is 9.59 Å². The summed E-state index contributed by atoms with van der Waals surface area (Å²) in [6.07, 6.45) is 6.81. The molecule has 2 aromatic heterocycles.